The van der Waals surface area contributed by atoms with E-state index in [1.165, 1.54) is 42.4 Å². The highest BCUT2D eigenvalue weighted by atomic mass is 14.9. The molecule has 0 saturated carbocycles. The maximum absolute atomic E-state index is 3.72. The molecular formula is C17H29N. The lowest BCUT2D eigenvalue weighted by molar-refractivity contribution is 0.439. The minimum absolute atomic E-state index is 0.446. The molecule has 1 aromatic carbocycles. The van der Waals surface area contributed by atoms with Crippen molar-refractivity contribution in [2.24, 2.45) is 0 Å². The first-order chi connectivity index (χ1) is 8.54. The number of hydrogen-bond acceptors (Lipinski definition) is 1. The zero-order valence-corrected chi connectivity index (χ0v) is 12.7. The zero-order chi connectivity index (χ0) is 13.5. The molecule has 18 heavy (non-hydrogen) atoms. The van der Waals surface area contributed by atoms with Crippen LogP contribution in [-0.4, -0.2) is 6.04 Å². The van der Waals surface area contributed by atoms with E-state index in [0.29, 0.717) is 12.1 Å². The standard InChI is InChI=1S/C17H29N/c1-6-7-8-9-15(4)18-16(5)17-12-13(2)10-11-14(17)3/h10-12,15-16,18H,6-9H2,1-5H3. The Hall–Kier alpha value is -0.820. The molecule has 0 aliphatic heterocycles. The summed E-state index contributed by atoms with van der Waals surface area (Å²) < 4.78 is 0. The first-order valence-corrected chi connectivity index (χ1v) is 7.37. The summed E-state index contributed by atoms with van der Waals surface area (Å²) in [6, 6.07) is 7.78. The number of aryl methyl sites for hydroxylation is 2. The van der Waals surface area contributed by atoms with Crippen LogP contribution in [0, 0.1) is 13.8 Å². The van der Waals surface area contributed by atoms with E-state index in [4.69, 9.17) is 0 Å². The highest BCUT2D eigenvalue weighted by Crippen LogP contribution is 2.20. The van der Waals surface area contributed by atoms with Gasteiger partial charge in [-0.15, -0.1) is 0 Å². The van der Waals surface area contributed by atoms with E-state index < -0.39 is 0 Å². The van der Waals surface area contributed by atoms with Gasteiger partial charge in [-0.2, -0.15) is 0 Å². The lowest BCUT2D eigenvalue weighted by Crippen LogP contribution is -2.29. The molecule has 0 spiro atoms. The molecule has 0 radical (unpaired) electrons. The highest BCUT2D eigenvalue weighted by Gasteiger charge is 2.11. The summed E-state index contributed by atoms with van der Waals surface area (Å²) in [5.41, 5.74) is 4.18. The monoisotopic (exact) mass is 247 g/mol. The molecule has 0 fully saturated rings. The molecule has 0 aliphatic carbocycles. The van der Waals surface area contributed by atoms with Gasteiger partial charge in [0.25, 0.3) is 0 Å². The fourth-order valence-electron chi connectivity index (χ4n) is 2.53. The summed E-state index contributed by atoms with van der Waals surface area (Å²) in [7, 11) is 0. The van der Waals surface area contributed by atoms with Gasteiger partial charge in [-0.05, 0) is 45.2 Å². The van der Waals surface area contributed by atoms with Crippen LogP contribution in [0.15, 0.2) is 18.2 Å². The molecular weight excluding hydrogens is 218 g/mol. The van der Waals surface area contributed by atoms with Crippen molar-refractivity contribution in [3.05, 3.63) is 34.9 Å². The first-order valence-electron chi connectivity index (χ1n) is 7.37. The highest BCUT2D eigenvalue weighted by molar-refractivity contribution is 5.32. The average molecular weight is 247 g/mol. The Bertz CT molecular complexity index is 357. The third kappa shape index (κ3) is 4.81. The van der Waals surface area contributed by atoms with Crippen molar-refractivity contribution in [2.75, 3.05) is 0 Å². The fourth-order valence-corrected chi connectivity index (χ4v) is 2.53. The van der Waals surface area contributed by atoms with E-state index in [-0.39, 0.29) is 0 Å². The van der Waals surface area contributed by atoms with E-state index >= 15 is 0 Å². The largest absolute Gasteiger partial charge is 0.308 e. The average Bonchev–Trinajstić information content (AvgIpc) is 2.32. The van der Waals surface area contributed by atoms with Gasteiger partial charge >= 0.3 is 0 Å². The van der Waals surface area contributed by atoms with Crippen molar-refractivity contribution >= 4 is 0 Å². The van der Waals surface area contributed by atoms with Crippen molar-refractivity contribution in [3.63, 3.8) is 0 Å². The van der Waals surface area contributed by atoms with Gasteiger partial charge in [0, 0.05) is 12.1 Å². The minimum atomic E-state index is 0.446. The van der Waals surface area contributed by atoms with E-state index in [1.54, 1.807) is 0 Å². The Balaban J connectivity index is 2.53. The van der Waals surface area contributed by atoms with Crippen LogP contribution in [0.1, 0.15) is 69.2 Å². The molecule has 0 saturated heterocycles. The van der Waals surface area contributed by atoms with Gasteiger partial charge in [0.2, 0.25) is 0 Å². The number of benzene rings is 1. The molecule has 0 aromatic heterocycles. The molecule has 102 valence electrons. The molecule has 0 bridgehead atoms. The Morgan fingerprint density at radius 2 is 1.83 bits per heavy atom. The maximum atomic E-state index is 3.72. The molecule has 0 heterocycles. The first kappa shape index (κ1) is 15.2. The van der Waals surface area contributed by atoms with Crippen molar-refractivity contribution < 1.29 is 0 Å². The van der Waals surface area contributed by atoms with E-state index in [1.807, 2.05) is 0 Å². The van der Waals surface area contributed by atoms with Gasteiger partial charge in [0.15, 0.2) is 0 Å². The van der Waals surface area contributed by atoms with Gasteiger partial charge in [-0.1, -0.05) is 49.9 Å². The molecule has 1 rings (SSSR count). The third-order valence-electron chi connectivity index (χ3n) is 3.68. The maximum Gasteiger partial charge on any atom is 0.0296 e. The van der Waals surface area contributed by atoms with Crippen molar-refractivity contribution in [3.8, 4) is 0 Å². The van der Waals surface area contributed by atoms with E-state index in [9.17, 15) is 0 Å². The summed E-state index contributed by atoms with van der Waals surface area (Å²) in [6.07, 6.45) is 5.27. The molecule has 1 aromatic rings. The summed E-state index contributed by atoms with van der Waals surface area (Å²) in [4.78, 5) is 0. The van der Waals surface area contributed by atoms with Crippen molar-refractivity contribution in [2.45, 2.75) is 72.4 Å². The Kier molecular flexibility index (Phi) is 6.42. The van der Waals surface area contributed by atoms with Crippen LogP contribution >= 0.6 is 0 Å². The smallest absolute Gasteiger partial charge is 0.0296 e. The van der Waals surface area contributed by atoms with Gasteiger partial charge in [-0.25, -0.2) is 0 Å². The van der Waals surface area contributed by atoms with Crippen molar-refractivity contribution in [1.29, 1.82) is 0 Å². The lowest BCUT2D eigenvalue weighted by Gasteiger charge is -2.22. The quantitative estimate of drug-likeness (QED) is 0.674. The number of hydrogen-bond donors (Lipinski definition) is 1. The van der Waals surface area contributed by atoms with Gasteiger partial charge < -0.3 is 5.32 Å². The van der Waals surface area contributed by atoms with E-state index in [2.05, 4.69) is 58.1 Å². The summed E-state index contributed by atoms with van der Waals surface area (Å²) in [6.45, 7) is 11.2. The van der Waals surface area contributed by atoms with Crippen LogP contribution < -0.4 is 5.32 Å². The Morgan fingerprint density at radius 1 is 1.11 bits per heavy atom. The fraction of sp³-hybridized carbons (Fsp3) is 0.647. The zero-order valence-electron chi connectivity index (χ0n) is 12.7. The molecule has 2 atom stereocenters. The van der Waals surface area contributed by atoms with Crippen LogP contribution in [-0.2, 0) is 0 Å². The number of rotatable bonds is 7. The number of unbranched alkanes of at least 4 members (excludes halogenated alkanes) is 2. The van der Waals surface area contributed by atoms with Crippen LogP contribution in [0.4, 0.5) is 0 Å². The third-order valence-corrected chi connectivity index (χ3v) is 3.68. The van der Waals surface area contributed by atoms with Crippen LogP contribution in [0.2, 0.25) is 0 Å². The van der Waals surface area contributed by atoms with Crippen LogP contribution in [0.5, 0.6) is 0 Å². The summed E-state index contributed by atoms with van der Waals surface area (Å²) in [5.74, 6) is 0. The predicted octanol–water partition coefficient (Wildman–Crippen LogP) is 4.92. The molecule has 1 N–H and O–H groups in total. The Labute approximate surface area is 113 Å². The number of nitrogens with one attached hydrogen (secondary N) is 1. The van der Waals surface area contributed by atoms with Gasteiger partial charge in [-0.3, -0.25) is 0 Å². The van der Waals surface area contributed by atoms with Crippen LogP contribution in [0.3, 0.4) is 0 Å². The summed E-state index contributed by atoms with van der Waals surface area (Å²) in [5, 5.41) is 3.72. The molecule has 0 amide bonds. The molecule has 2 unspecified atom stereocenters. The predicted molar refractivity (Wildman–Crippen MR) is 81.1 cm³/mol. The van der Waals surface area contributed by atoms with Crippen LogP contribution in [0.25, 0.3) is 0 Å². The van der Waals surface area contributed by atoms with Gasteiger partial charge in [0.1, 0.15) is 0 Å². The Morgan fingerprint density at radius 3 is 2.50 bits per heavy atom. The van der Waals surface area contributed by atoms with E-state index in [0.717, 1.165) is 0 Å². The molecule has 0 aliphatic rings. The van der Waals surface area contributed by atoms with Crippen molar-refractivity contribution in [1.82, 2.24) is 5.32 Å². The second-order valence-corrected chi connectivity index (χ2v) is 5.65. The molecule has 1 nitrogen and oxygen atoms in total. The molecule has 1 heteroatoms. The SMILES string of the molecule is CCCCCC(C)NC(C)c1cc(C)ccc1C. The second-order valence-electron chi connectivity index (χ2n) is 5.65. The second kappa shape index (κ2) is 7.58. The summed E-state index contributed by atoms with van der Waals surface area (Å²) >= 11 is 0. The lowest BCUT2D eigenvalue weighted by atomic mass is 9.99. The minimum Gasteiger partial charge on any atom is -0.308 e. The topological polar surface area (TPSA) is 12.0 Å². The van der Waals surface area contributed by atoms with Gasteiger partial charge in [0.05, 0.1) is 0 Å². The normalized spacial score (nSPS) is 14.5.